The zero-order valence-electron chi connectivity index (χ0n) is 14.0. The zero-order valence-corrected chi connectivity index (χ0v) is 15.8. The second kappa shape index (κ2) is 8.15. The van der Waals surface area contributed by atoms with E-state index in [-0.39, 0.29) is 0 Å². The summed E-state index contributed by atoms with van der Waals surface area (Å²) in [5.41, 5.74) is 3.17. The van der Waals surface area contributed by atoms with Crippen molar-refractivity contribution in [3.63, 3.8) is 0 Å². The van der Waals surface area contributed by atoms with Crippen molar-refractivity contribution in [3.8, 4) is 0 Å². The van der Waals surface area contributed by atoms with E-state index < -0.39 is 8.56 Å². The average Bonchev–Trinajstić information content (AvgIpc) is 2.88. The molecule has 0 aliphatic carbocycles. The summed E-state index contributed by atoms with van der Waals surface area (Å²) < 4.78 is 14.4. The third kappa shape index (κ3) is 3.74. The number of hydrogen-bond acceptors (Lipinski definition) is 4. The van der Waals surface area contributed by atoms with Crippen LogP contribution >= 0.6 is 11.8 Å². The minimum atomic E-state index is -2.47. The average molecular weight is 339 g/mol. The van der Waals surface area contributed by atoms with Crippen LogP contribution in [0.4, 0.5) is 0 Å². The third-order valence-electron chi connectivity index (χ3n) is 3.47. The lowest BCUT2D eigenvalue weighted by Gasteiger charge is -2.26. The summed E-state index contributed by atoms with van der Waals surface area (Å²) in [6, 6.07) is 8.29. The maximum Gasteiger partial charge on any atom is 0.406 e. The molecule has 0 amide bonds. The number of hydrogen-bond donors (Lipinski definition) is 0. The molecule has 0 fully saturated rings. The fourth-order valence-electron chi connectivity index (χ4n) is 2.57. The van der Waals surface area contributed by atoms with E-state index in [0.717, 1.165) is 22.6 Å². The van der Waals surface area contributed by atoms with Crippen LogP contribution < -0.4 is 5.45 Å². The van der Waals surface area contributed by atoms with Crippen molar-refractivity contribution in [3.05, 3.63) is 24.3 Å². The highest BCUT2D eigenvalue weighted by atomic mass is 32.2. The molecule has 4 nitrogen and oxygen atoms in total. The Bertz CT molecular complexity index is 597. The molecule has 0 bridgehead atoms. The van der Waals surface area contributed by atoms with Crippen LogP contribution in [0.25, 0.3) is 11.0 Å². The number of thioether (sulfide) groups is 1. The van der Waals surface area contributed by atoms with Gasteiger partial charge in [-0.15, -0.1) is 11.8 Å². The van der Waals surface area contributed by atoms with Crippen LogP contribution in [0.2, 0.25) is 6.55 Å². The molecular weight excluding hydrogens is 312 g/mol. The molecule has 1 aromatic carbocycles. The van der Waals surface area contributed by atoms with E-state index in [1.807, 2.05) is 31.7 Å². The predicted octanol–water partition coefficient (Wildman–Crippen LogP) is 3.49. The van der Waals surface area contributed by atoms with Gasteiger partial charge >= 0.3 is 8.56 Å². The zero-order chi connectivity index (χ0) is 16.0. The fourth-order valence-corrected chi connectivity index (χ4v) is 6.01. The summed E-state index contributed by atoms with van der Waals surface area (Å²) in [4.78, 5) is 4.86. The topological polar surface area (TPSA) is 36.3 Å². The number of benzene rings is 1. The minimum absolute atomic E-state index is 0.647. The molecule has 122 valence electrons. The lowest BCUT2D eigenvalue weighted by atomic mass is 10.3. The van der Waals surface area contributed by atoms with Gasteiger partial charge in [-0.3, -0.25) is 0 Å². The number of aromatic nitrogens is 2. The summed E-state index contributed by atoms with van der Waals surface area (Å²) in [6.07, 6.45) is 1.18. The molecule has 0 aliphatic heterocycles. The summed E-state index contributed by atoms with van der Waals surface area (Å²) in [6.45, 7) is 9.63. The van der Waals surface area contributed by atoms with Gasteiger partial charge < -0.3 is 13.4 Å². The van der Waals surface area contributed by atoms with Crippen molar-refractivity contribution in [2.45, 2.75) is 39.6 Å². The van der Waals surface area contributed by atoms with Crippen molar-refractivity contribution in [1.82, 2.24) is 9.55 Å². The molecule has 0 spiro atoms. The Hall–Kier alpha value is -0.823. The minimum Gasteiger partial charge on any atom is -0.390 e. The van der Waals surface area contributed by atoms with E-state index in [2.05, 4.69) is 36.2 Å². The lowest BCUT2D eigenvalue weighted by Crippen LogP contribution is -2.55. The van der Waals surface area contributed by atoms with Crippen molar-refractivity contribution in [2.75, 3.05) is 19.0 Å². The van der Waals surface area contributed by atoms with E-state index in [4.69, 9.17) is 13.8 Å². The molecule has 1 aromatic heterocycles. The maximum atomic E-state index is 6.06. The largest absolute Gasteiger partial charge is 0.406 e. The Morgan fingerprint density at radius 3 is 2.45 bits per heavy atom. The lowest BCUT2D eigenvalue weighted by molar-refractivity contribution is 0.200. The first-order chi connectivity index (χ1) is 10.7. The van der Waals surface area contributed by atoms with E-state index >= 15 is 0 Å². The molecule has 22 heavy (non-hydrogen) atoms. The van der Waals surface area contributed by atoms with Crippen molar-refractivity contribution >= 4 is 36.8 Å². The first kappa shape index (κ1) is 17.5. The van der Waals surface area contributed by atoms with Gasteiger partial charge in [-0.25, -0.2) is 4.98 Å². The molecule has 0 saturated carbocycles. The molecule has 2 aromatic rings. The molecule has 1 heterocycles. The number of nitrogens with zero attached hydrogens (tertiary/aromatic N) is 2. The van der Waals surface area contributed by atoms with E-state index in [9.17, 15) is 0 Å². The smallest absolute Gasteiger partial charge is 0.390 e. The van der Waals surface area contributed by atoms with E-state index in [1.165, 1.54) is 11.9 Å². The maximum absolute atomic E-state index is 6.06. The van der Waals surface area contributed by atoms with Gasteiger partial charge in [0.05, 0.1) is 16.9 Å². The third-order valence-corrected chi connectivity index (χ3v) is 7.48. The van der Waals surface area contributed by atoms with E-state index in [1.54, 1.807) is 0 Å². The molecule has 0 saturated heterocycles. The van der Waals surface area contributed by atoms with Crippen LogP contribution in [0, 0.1) is 0 Å². The first-order valence-corrected chi connectivity index (χ1v) is 11.4. The molecule has 6 heteroatoms. The molecular formula is C16H26N2O2SSi. The number of imidazole rings is 1. The summed E-state index contributed by atoms with van der Waals surface area (Å²) >= 11 is 1.93. The van der Waals surface area contributed by atoms with Gasteiger partial charge in [-0.1, -0.05) is 19.1 Å². The van der Waals surface area contributed by atoms with Crippen molar-refractivity contribution in [2.24, 2.45) is 0 Å². The van der Waals surface area contributed by atoms with Crippen molar-refractivity contribution < 1.29 is 8.85 Å². The second-order valence-electron chi connectivity index (χ2n) is 5.20. The molecule has 0 radical (unpaired) electrons. The summed E-state index contributed by atoms with van der Waals surface area (Å²) in [5.74, 6) is 2.04. The molecule has 2 rings (SSSR count). The van der Waals surface area contributed by atoms with Gasteiger partial charge in [0.15, 0.2) is 5.45 Å². The van der Waals surface area contributed by atoms with Gasteiger partial charge in [0.25, 0.3) is 0 Å². The number of fused-ring (bicyclic) bond motifs is 1. The standard InChI is InChI=1S/C16H26N2O2SSi/c1-5-12-21-13-18-15-11-9-8-10-14(15)17-16(18)22(4,19-6-2)20-7-3/h8-11H,5-7,12-13H2,1-4H3. The molecule has 0 aliphatic rings. The van der Waals surface area contributed by atoms with Crippen LogP contribution in [0.1, 0.15) is 27.2 Å². The molecule has 0 N–H and O–H groups in total. The van der Waals surface area contributed by atoms with Crippen LogP contribution in [-0.2, 0) is 14.7 Å². The van der Waals surface area contributed by atoms with Crippen LogP contribution in [0.3, 0.4) is 0 Å². The van der Waals surface area contributed by atoms with Crippen molar-refractivity contribution in [1.29, 1.82) is 0 Å². The second-order valence-corrected chi connectivity index (χ2v) is 9.19. The Kier molecular flexibility index (Phi) is 6.49. The summed E-state index contributed by atoms with van der Waals surface area (Å²) in [5, 5.41) is 0. The molecule has 0 atom stereocenters. The monoisotopic (exact) mass is 338 g/mol. The van der Waals surface area contributed by atoms with E-state index in [0.29, 0.717) is 13.2 Å². The van der Waals surface area contributed by atoms with Gasteiger partial charge in [0.1, 0.15) is 0 Å². The summed E-state index contributed by atoms with van der Waals surface area (Å²) in [7, 11) is -2.47. The van der Waals surface area contributed by atoms with Gasteiger partial charge in [0.2, 0.25) is 0 Å². The number of para-hydroxylation sites is 2. The van der Waals surface area contributed by atoms with Crippen LogP contribution in [-0.4, -0.2) is 37.1 Å². The van der Waals surface area contributed by atoms with Gasteiger partial charge in [0, 0.05) is 13.2 Å². The van der Waals surface area contributed by atoms with Crippen LogP contribution in [0.15, 0.2) is 24.3 Å². The Morgan fingerprint density at radius 2 is 1.82 bits per heavy atom. The van der Waals surface area contributed by atoms with Gasteiger partial charge in [-0.2, -0.15) is 0 Å². The Balaban J connectivity index is 2.47. The van der Waals surface area contributed by atoms with Crippen LogP contribution in [0.5, 0.6) is 0 Å². The predicted molar refractivity (Wildman–Crippen MR) is 97.0 cm³/mol. The quantitative estimate of drug-likeness (QED) is 0.518. The highest BCUT2D eigenvalue weighted by Crippen LogP contribution is 2.19. The molecule has 0 unspecified atom stereocenters. The highest BCUT2D eigenvalue weighted by molar-refractivity contribution is 7.98. The highest BCUT2D eigenvalue weighted by Gasteiger charge is 2.39. The SMILES string of the molecule is CCCSCn1c([Si](C)(OCC)OCC)nc2ccccc21. The van der Waals surface area contributed by atoms with Gasteiger partial charge in [-0.05, 0) is 44.7 Å². The fraction of sp³-hybridized carbons (Fsp3) is 0.562. The first-order valence-electron chi connectivity index (χ1n) is 7.97. The number of rotatable bonds is 9. The normalized spacial score (nSPS) is 12.2. The Labute approximate surface area is 138 Å². The Morgan fingerprint density at radius 1 is 1.14 bits per heavy atom.